The van der Waals surface area contributed by atoms with Gasteiger partial charge in [0, 0.05) is 6.54 Å². The van der Waals surface area contributed by atoms with Crippen molar-refractivity contribution in [1.29, 1.82) is 0 Å². The van der Waals surface area contributed by atoms with Crippen LogP contribution >= 0.6 is 0 Å². The summed E-state index contributed by atoms with van der Waals surface area (Å²) in [4.78, 5) is 14.8. The molecule has 15 heavy (non-hydrogen) atoms. The second-order valence-corrected chi connectivity index (χ2v) is 3.79. The zero-order valence-corrected chi connectivity index (χ0v) is 8.23. The first-order chi connectivity index (χ1) is 7.16. The molecule has 0 bridgehead atoms. The van der Waals surface area contributed by atoms with Crippen LogP contribution in [0, 0.1) is 5.92 Å². The van der Waals surface area contributed by atoms with Gasteiger partial charge in [-0.25, -0.2) is 9.78 Å². The fraction of sp³-hybridized carbons (Fsp3) is 0.400. The van der Waals surface area contributed by atoms with Crippen LogP contribution in [0.25, 0.3) is 0 Å². The summed E-state index contributed by atoms with van der Waals surface area (Å²) in [6.45, 7) is 0.857. The Hall–Kier alpha value is -1.78. The van der Waals surface area contributed by atoms with Gasteiger partial charge in [0.05, 0.1) is 17.4 Å². The molecule has 5 nitrogen and oxygen atoms in total. The van der Waals surface area contributed by atoms with Crippen LogP contribution in [0.3, 0.4) is 0 Å². The Kier molecular flexibility index (Phi) is 2.45. The Morgan fingerprint density at radius 1 is 1.67 bits per heavy atom. The number of pyridine rings is 1. The monoisotopic (exact) mass is 207 g/mol. The van der Waals surface area contributed by atoms with Crippen molar-refractivity contribution in [2.24, 2.45) is 5.92 Å². The number of rotatable bonds is 4. The number of carboxylic acids is 1. The van der Waals surface area contributed by atoms with Crippen LogP contribution in [0.4, 0.5) is 11.5 Å². The molecule has 0 atom stereocenters. The Bertz CT molecular complexity index is 388. The molecule has 1 fully saturated rings. The quantitative estimate of drug-likeness (QED) is 0.690. The van der Waals surface area contributed by atoms with Gasteiger partial charge < -0.3 is 16.2 Å². The van der Waals surface area contributed by atoms with Gasteiger partial charge in [0.1, 0.15) is 5.82 Å². The predicted molar refractivity (Wildman–Crippen MR) is 56.8 cm³/mol. The number of aromatic carboxylic acids is 1. The van der Waals surface area contributed by atoms with Crippen LogP contribution < -0.4 is 11.1 Å². The van der Waals surface area contributed by atoms with E-state index in [0.717, 1.165) is 12.5 Å². The summed E-state index contributed by atoms with van der Waals surface area (Å²) in [5, 5.41) is 11.9. The molecular formula is C10H13N3O2. The van der Waals surface area contributed by atoms with Gasteiger partial charge in [-0.15, -0.1) is 0 Å². The van der Waals surface area contributed by atoms with Gasteiger partial charge in [0.2, 0.25) is 0 Å². The van der Waals surface area contributed by atoms with E-state index in [2.05, 4.69) is 10.3 Å². The summed E-state index contributed by atoms with van der Waals surface area (Å²) in [7, 11) is 0. The fourth-order valence-corrected chi connectivity index (χ4v) is 1.32. The van der Waals surface area contributed by atoms with Crippen molar-refractivity contribution in [3.63, 3.8) is 0 Å². The van der Waals surface area contributed by atoms with Gasteiger partial charge in [0.15, 0.2) is 0 Å². The zero-order valence-electron chi connectivity index (χ0n) is 8.23. The zero-order chi connectivity index (χ0) is 10.8. The highest BCUT2D eigenvalue weighted by molar-refractivity contribution is 5.94. The molecule has 1 aromatic rings. The lowest BCUT2D eigenvalue weighted by Gasteiger charge is -2.06. The maximum absolute atomic E-state index is 10.8. The maximum Gasteiger partial charge on any atom is 0.337 e. The number of hydrogen-bond donors (Lipinski definition) is 3. The highest BCUT2D eigenvalue weighted by atomic mass is 16.4. The van der Waals surface area contributed by atoms with Gasteiger partial charge >= 0.3 is 5.97 Å². The van der Waals surface area contributed by atoms with Gasteiger partial charge in [-0.2, -0.15) is 0 Å². The standard InChI is InChI=1S/C10H13N3O2/c11-8-5-13-9(3-7(8)10(14)15)12-4-6-1-2-6/h3,5-6H,1-2,4,11H2,(H,12,13)(H,14,15). The van der Waals surface area contributed by atoms with Crippen LogP contribution in [0.15, 0.2) is 12.3 Å². The molecule has 0 aliphatic heterocycles. The molecule has 5 heteroatoms. The molecule has 0 saturated heterocycles. The molecule has 2 rings (SSSR count). The van der Waals surface area contributed by atoms with E-state index in [9.17, 15) is 4.79 Å². The van der Waals surface area contributed by atoms with E-state index >= 15 is 0 Å². The van der Waals surface area contributed by atoms with E-state index in [4.69, 9.17) is 10.8 Å². The van der Waals surface area contributed by atoms with E-state index in [0.29, 0.717) is 5.82 Å². The van der Waals surface area contributed by atoms with E-state index in [1.165, 1.54) is 25.1 Å². The summed E-state index contributed by atoms with van der Waals surface area (Å²) in [5.41, 5.74) is 5.78. The number of nitrogens with one attached hydrogen (secondary N) is 1. The third kappa shape index (κ3) is 2.37. The Morgan fingerprint density at radius 3 is 3.00 bits per heavy atom. The number of hydrogen-bond acceptors (Lipinski definition) is 4. The molecule has 1 aliphatic carbocycles. The van der Waals surface area contributed by atoms with Crippen molar-refractivity contribution in [2.45, 2.75) is 12.8 Å². The predicted octanol–water partition coefficient (Wildman–Crippen LogP) is 1.18. The first-order valence-corrected chi connectivity index (χ1v) is 4.89. The summed E-state index contributed by atoms with van der Waals surface area (Å²) in [6, 6.07) is 1.47. The number of anilines is 2. The van der Waals surface area contributed by atoms with Gasteiger partial charge in [-0.1, -0.05) is 0 Å². The molecule has 1 aliphatic rings. The minimum Gasteiger partial charge on any atom is -0.478 e. The molecule has 0 radical (unpaired) electrons. The van der Waals surface area contributed by atoms with Crippen molar-refractivity contribution in [2.75, 3.05) is 17.6 Å². The first kappa shape index (κ1) is 9.76. The summed E-state index contributed by atoms with van der Waals surface area (Å²) in [6.07, 6.45) is 3.86. The Morgan fingerprint density at radius 2 is 2.40 bits per heavy atom. The van der Waals surface area contributed by atoms with E-state index < -0.39 is 5.97 Å². The van der Waals surface area contributed by atoms with Crippen LogP contribution in [-0.4, -0.2) is 22.6 Å². The summed E-state index contributed by atoms with van der Waals surface area (Å²) in [5.74, 6) is 0.274. The summed E-state index contributed by atoms with van der Waals surface area (Å²) >= 11 is 0. The van der Waals surface area contributed by atoms with Crippen molar-refractivity contribution < 1.29 is 9.90 Å². The maximum atomic E-state index is 10.8. The molecule has 0 aromatic carbocycles. The fourth-order valence-electron chi connectivity index (χ4n) is 1.32. The smallest absolute Gasteiger partial charge is 0.337 e. The van der Waals surface area contributed by atoms with Crippen molar-refractivity contribution >= 4 is 17.5 Å². The van der Waals surface area contributed by atoms with Gasteiger partial charge in [-0.3, -0.25) is 0 Å². The molecule has 1 aromatic heterocycles. The van der Waals surface area contributed by atoms with Crippen LogP contribution in [0.5, 0.6) is 0 Å². The average Bonchev–Trinajstić information content (AvgIpc) is 3.00. The van der Waals surface area contributed by atoms with Crippen LogP contribution in [-0.2, 0) is 0 Å². The Labute approximate surface area is 87.3 Å². The largest absolute Gasteiger partial charge is 0.478 e. The third-order valence-corrected chi connectivity index (χ3v) is 2.43. The molecular weight excluding hydrogens is 194 g/mol. The second kappa shape index (κ2) is 3.76. The van der Waals surface area contributed by atoms with E-state index in [1.54, 1.807) is 0 Å². The first-order valence-electron chi connectivity index (χ1n) is 4.89. The van der Waals surface area contributed by atoms with Crippen molar-refractivity contribution in [1.82, 2.24) is 4.98 Å². The SMILES string of the molecule is Nc1cnc(NCC2CC2)cc1C(=O)O. The number of nitrogen functional groups attached to an aromatic ring is 1. The molecule has 4 N–H and O–H groups in total. The van der Waals surface area contributed by atoms with Crippen LogP contribution in [0.2, 0.25) is 0 Å². The highest BCUT2D eigenvalue weighted by Crippen LogP contribution is 2.28. The van der Waals surface area contributed by atoms with Gasteiger partial charge in [0.25, 0.3) is 0 Å². The molecule has 1 saturated carbocycles. The van der Waals surface area contributed by atoms with E-state index in [-0.39, 0.29) is 11.3 Å². The number of aromatic nitrogens is 1. The number of nitrogens with zero attached hydrogens (tertiary/aromatic N) is 1. The van der Waals surface area contributed by atoms with Crippen molar-refractivity contribution in [3.05, 3.63) is 17.8 Å². The number of carbonyl (C=O) groups is 1. The molecule has 0 amide bonds. The minimum absolute atomic E-state index is 0.100. The average molecular weight is 207 g/mol. The number of nitrogens with two attached hydrogens (primary N) is 1. The Balaban J connectivity index is 2.10. The minimum atomic E-state index is -1.02. The van der Waals surface area contributed by atoms with Gasteiger partial charge in [-0.05, 0) is 24.8 Å². The van der Waals surface area contributed by atoms with E-state index in [1.807, 2.05) is 0 Å². The third-order valence-electron chi connectivity index (χ3n) is 2.43. The topological polar surface area (TPSA) is 88.2 Å². The summed E-state index contributed by atoms with van der Waals surface area (Å²) < 4.78 is 0. The lowest BCUT2D eigenvalue weighted by molar-refractivity contribution is 0.0698. The number of carboxylic acid groups (broad SMARTS) is 1. The van der Waals surface area contributed by atoms with Crippen LogP contribution in [0.1, 0.15) is 23.2 Å². The lowest BCUT2D eigenvalue weighted by Crippen LogP contribution is -2.08. The van der Waals surface area contributed by atoms with Crippen molar-refractivity contribution in [3.8, 4) is 0 Å². The normalized spacial score (nSPS) is 14.9. The second-order valence-electron chi connectivity index (χ2n) is 3.79. The molecule has 0 spiro atoms. The molecule has 80 valence electrons. The lowest BCUT2D eigenvalue weighted by atomic mass is 10.2. The highest BCUT2D eigenvalue weighted by Gasteiger charge is 2.21. The molecule has 1 heterocycles. The molecule has 0 unspecified atom stereocenters.